The number of nitrogens with one attached hydrogen (secondary N) is 1. The molecule has 0 radical (unpaired) electrons. The van der Waals surface area contributed by atoms with Crippen LogP contribution in [0.2, 0.25) is 0 Å². The molecule has 0 aliphatic rings. The molecule has 2 aromatic carbocycles. The first kappa shape index (κ1) is 13.0. The predicted octanol–water partition coefficient (Wildman–Crippen LogP) is 3.17. The van der Waals surface area contributed by atoms with E-state index in [1.807, 2.05) is 0 Å². The number of benzene rings is 2. The molecule has 4 nitrogen and oxygen atoms in total. The smallest absolute Gasteiger partial charge is 0.167 e. The Balaban J connectivity index is 2.28. The van der Waals surface area contributed by atoms with Crippen molar-refractivity contribution in [3.63, 3.8) is 0 Å². The van der Waals surface area contributed by atoms with E-state index in [1.54, 1.807) is 37.4 Å². The summed E-state index contributed by atoms with van der Waals surface area (Å²) in [4.78, 5) is 0. The minimum atomic E-state index is -0.436. The molecule has 5 heteroatoms. The Morgan fingerprint density at radius 3 is 2.47 bits per heavy atom. The van der Waals surface area contributed by atoms with Gasteiger partial charge >= 0.3 is 0 Å². The van der Waals surface area contributed by atoms with Crippen LogP contribution in [-0.2, 0) is 0 Å². The molecule has 0 aliphatic heterocycles. The highest BCUT2D eigenvalue weighted by Gasteiger charge is 2.06. The predicted molar refractivity (Wildman–Crippen MR) is 73.6 cm³/mol. The summed E-state index contributed by atoms with van der Waals surface area (Å²) in [6, 6.07) is 9.83. The van der Waals surface area contributed by atoms with Crippen LogP contribution < -0.4 is 20.5 Å². The van der Waals surface area contributed by atoms with Gasteiger partial charge in [0.05, 0.1) is 25.6 Å². The summed E-state index contributed by atoms with van der Waals surface area (Å²) in [5.74, 6) is 0.434. The first-order chi connectivity index (χ1) is 9.13. The SMILES string of the molecule is COc1ccc(N)c(Nc2ccc(OC)c(F)c2)c1. The largest absolute Gasteiger partial charge is 0.497 e. The van der Waals surface area contributed by atoms with Crippen molar-refractivity contribution in [3.05, 3.63) is 42.2 Å². The van der Waals surface area contributed by atoms with Crippen LogP contribution in [-0.4, -0.2) is 14.2 Å². The lowest BCUT2D eigenvalue weighted by molar-refractivity contribution is 0.386. The molecule has 0 atom stereocenters. The summed E-state index contributed by atoms with van der Waals surface area (Å²) < 4.78 is 23.6. The monoisotopic (exact) mass is 262 g/mol. The zero-order chi connectivity index (χ0) is 13.8. The average molecular weight is 262 g/mol. The molecule has 0 amide bonds. The molecular weight excluding hydrogens is 247 g/mol. The van der Waals surface area contributed by atoms with Crippen LogP contribution in [0.1, 0.15) is 0 Å². The van der Waals surface area contributed by atoms with Gasteiger partial charge in [-0.1, -0.05) is 0 Å². The van der Waals surface area contributed by atoms with Gasteiger partial charge in [0.1, 0.15) is 5.75 Å². The van der Waals surface area contributed by atoms with E-state index in [-0.39, 0.29) is 5.75 Å². The van der Waals surface area contributed by atoms with Crippen LogP contribution in [0.3, 0.4) is 0 Å². The summed E-state index contributed by atoms with van der Waals surface area (Å²) in [6.45, 7) is 0. The third-order valence-electron chi connectivity index (χ3n) is 2.69. The lowest BCUT2D eigenvalue weighted by atomic mass is 10.2. The van der Waals surface area contributed by atoms with E-state index in [2.05, 4.69) is 5.32 Å². The van der Waals surface area contributed by atoms with E-state index in [0.29, 0.717) is 22.8 Å². The number of rotatable bonds is 4. The Morgan fingerprint density at radius 1 is 1.05 bits per heavy atom. The Bertz CT molecular complexity index is 588. The second kappa shape index (κ2) is 5.48. The molecule has 0 bridgehead atoms. The van der Waals surface area contributed by atoms with Crippen molar-refractivity contribution < 1.29 is 13.9 Å². The van der Waals surface area contributed by atoms with Crippen LogP contribution in [0.15, 0.2) is 36.4 Å². The van der Waals surface area contributed by atoms with Crippen molar-refractivity contribution in [2.75, 3.05) is 25.3 Å². The molecule has 0 saturated heterocycles. The maximum atomic E-state index is 13.6. The number of methoxy groups -OCH3 is 2. The number of ether oxygens (including phenoxy) is 2. The first-order valence-corrected chi connectivity index (χ1v) is 5.68. The van der Waals surface area contributed by atoms with Gasteiger partial charge in [0.15, 0.2) is 11.6 Å². The Morgan fingerprint density at radius 2 is 1.84 bits per heavy atom. The van der Waals surface area contributed by atoms with Crippen LogP contribution >= 0.6 is 0 Å². The topological polar surface area (TPSA) is 56.5 Å². The Labute approximate surface area is 111 Å². The zero-order valence-electron chi connectivity index (χ0n) is 10.7. The van der Waals surface area contributed by atoms with Crippen molar-refractivity contribution >= 4 is 17.1 Å². The quantitative estimate of drug-likeness (QED) is 0.831. The molecule has 2 aromatic rings. The molecule has 0 unspecified atom stereocenters. The maximum absolute atomic E-state index is 13.6. The van der Waals surface area contributed by atoms with Gasteiger partial charge in [0, 0.05) is 17.8 Å². The number of halogens is 1. The number of hydrogen-bond acceptors (Lipinski definition) is 4. The second-order valence-corrected chi connectivity index (χ2v) is 3.93. The van der Waals surface area contributed by atoms with Crippen molar-refractivity contribution in [2.24, 2.45) is 0 Å². The number of anilines is 3. The zero-order valence-corrected chi connectivity index (χ0v) is 10.7. The van der Waals surface area contributed by atoms with E-state index in [0.717, 1.165) is 0 Å². The third-order valence-corrected chi connectivity index (χ3v) is 2.69. The lowest BCUT2D eigenvalue weighted by Crippen LogP contribution is -1.98. The highest BCUT2D eigenvalue weighted by molar-refractivity contribution is 5.74. The second-order valence-electron chi connectivity index (χ2n) is 3.93. The van der Waals surface area contributed by atoms with E-state index < -0.39 is 5.82 Å². The van der Waals surface area contributed by atoms with Gasteiger partial charge in [-0.25, -0.2) is 4.39 Å². The third kappa shape index (κ3) is 2.88. The summed E-state index contributed by atoms with van der Waals surface area (Å²) in [5, 5.41) is 3.04. The van der Waals surface area contributed by atoms with Crippen molar-refractivity contribution in [1.82, 2.24) is 0 Å². The van der Waals surface area contributed by atoms with Crippen molar-refractivity contribution in [2.45, 2.75) is 0 Å². The summed E-state index contributed by atoms with van der Waals surface area (Å²) in [5.41, 5.74) is 7.64. The summed E-state index contributed by atoms with van der Waals surface area (Å²) in [6.07, 6.45) is 0. The maximum Gasteiger partial charge on any atom is 0.167 e. The van der Waals surface area contributed by atoms with Gasteiger partial charge in [-0.15, -0.1) is 0 Å². The molecule has 2 rings (SSSR count). The van der Waals surface area contributed by atoms with Crippen LogP contribution in [0.4, 0.5) is 21.5 Å². The fraction of sp³-hybridized carbons (Fsp3) is 0.143. The Kier molecular flexibility index (Phi) is 3.75. The summed E-state index contributed by atoms with van der Waals surface area (Å²) in [7, 11) is 2.99. The minimum Gasteiger partial charge on any atom is -0.497 e. The van der Waals surface area contributed by atoms with E-state index in [1.165, 1.54) is 13.2 Å². The fourth-order valence-electron chi connectivity index (χ4n) is 1.67. The number of hydrogen-bond donors (Lipinski definition) is 2. The molecule has 0 saturated carbocycles. The molecule has 0 aromatic heterocycles. The standard InChI is InChI=1S/C14H15FN2O2/c1-18-10-4-5-12(16)13(8-10)17-9-3-6-14(19-2)11(15)7-9/h3-8,17H,16H2,1-2H3. The normalized spacial score (nSPS) is 10.1. The molecule has 100 valence electrons. The lowest BCUT2D eigenvalue weighted by Gasteiger charge is -2.12. The van der Waals surface area contributed by atoms with Gasteiger partial charge < -0.3 is 20.5 Å². The van der Waals surface area contributed by atoms with Gasteiger partial charge in [-0.2, -0.15) is 0 Å². The first-order valence-electron chi connectivity index (χ1n) is 5.68. The number of nitrogens with two attached hydrogens (primary N) is 1. The van der Waals surface area contributed by atoms with Crippen LogP contribution in [0.5, 0.6) is 11.5 Å². The van der Waals surface area contributed by atoms with Gasteiger partial charge in [-0.3, -0.25) is 0 Å². The van der Waals surface area contributed by atoms with E-state index in [4.69, 9.17) is 15.2 Å². The fourth-order valence-corrected chi connectivity index (χ4v) is 1.67. The highest BCUT2D eigenvalue weighted by atomic mass is 19.1. The Hall–Kier alpha value is -2.43. The molecule has 19 heavy (non-hydrogen) atoms. The van der Waals surface area contributed by atoms with E-state index in [9.17, 15) is 4.39 Å². The molecule has 0 fully saturated rings. The molecule has 3 N–H and O–H groups in total. The highest BCUT2D eigenvalue weighted by Crippen LogP contribution is 2.29. The summed E-state index contributed by atoms with van der Waals surface area (Å²) >= 11 is 0. The molecule has 0 aliphatic carbocycles. The van der Waals surface area contributed by atoms with Gasteiger partial charge in [0.2, 0.25) is 0 Å². The van der Waals surface area contributed by atoms with Crippen molar-refractivity contribution in [3.8, 4) is 11.5 Å². The van der Waals surface area contributed by atoms with E-state index >= 15 is 0 Å². The van der Waals surface area contributed by atoms with Crippen LogP contribution in [0.25, 0.3) is 0 Å². The van der Waals surface area contributed by atoms with Gasteiger partial charge in [-0.05, 0) is 24.3 Å². The van der Waals surface area contributed by atoms with Crippen molar-refractivity contribution in [1.29, 1.82) is 0 Å². The average Bonchev–Trinajstić information content (AvgIpc) is 2.41. The minimum absolute atomic E-state index is 0.198. The molecule has 0 heterocycles. The molecular formula is C14H15FN2O2. The number of nitrogen functional groups attached to an aromatic ring is 1. The molecule has 0 spiro atoms. The van der Waals surface area contributed by atoms with Gasteiger partial charge in [0.25, 0.3) is 0 Å². The van der Waals surface area contributed by atoms with Crippen LogP contribution in [0, 0.1) is 5.82 Å².